The SMILES string of the molecule is Cc1cc(Oc2ccc(Br)cc2Cl)ccc1N. The summed E-state index contributed by atoms with van der Waals surface area (Å²) in [6.07, 6.45) is 0. The number of halogens is 2. The molecule has 0 bridgehead atoms. The largest absolute Gasteiger partial charge is 0.456 e. The van der Waals surface area contributed by atoms with Crippen LogP contribution in [0.2, 0.25) is 5.02 Å². The third kappa shape index (κ3) is 2.93. The van der Waals surface area contributed by atoms with E-state index in [9.17, 15) is 0 Å². The van der Waals surface area contributed by atoms with Crippen LogP contribution in [0.25, 0.3) is 0 Å². The Bertz CT molecular complexity index is 557. The van der Waals surface area contributed by atoms with Crippen molar-refractivity contribution < 1.29 is 4.74 Å². The van der Waals surface area contributed by atoms with Crippen molar-refractivity contribution in [2.24, 2.45) is 0 Å². The van der Waals surface area contributed by atoms with Crippen LogP contribution in [0.1, 0.15) is 5.56 Å². The van der Waals surface area contributed by atoms with Gasteiger partial charge in [-0.25, -0.2) is 0 Å². The topological polar surface area (TPSA) is 35.2 Å². The van der Waals surface area contributed by atoms with Crippen molar-refractivity contribution in [1.29, 1.82) is 0 Å². The van der Waals surface area contributed by atoms with E-state index in [0.717, 1.165) is 21.5 Å². The molecule has 17 heavy (non-hydrogen) atoms. The van der Waals surface area contributed by atoms with Crippen molar-refractivity contribution in [3.05, 3.63) is 51.5 Å². The van der Waals surface area contributed by atoms with Gasteiger partial charge in [0.2, 0.25) is 0 Å². The molecule has 2 aromatic rings. The molecule has 0 fully saturated rings. The number of benzene rings is 2. The summed E-state index contributed by atoms with van der Waals surface area (Å²) in [5.41, 5.74) is 7.48. The molecule has 4 heteroatoms. The van der Waals surface area contributed by atoms with Crippen LogP contribution in [0, 0.1) is 6.92 Å². The van der Waals surface area contributed by atoms with Crippen molar-refractivity contribution >= 4 is 33.2 Å². The van der Waals surface area contributed by atoms with E-state index >= 15 is 0 Å². The minimum Gasteiger partial charge on any atom is -0.456 e. The van der Waals surface area contributed by atoms with Gasteiger partial charge in [-0.2, -0.15) is 0 Å². The van der Waals surface area contributed by atoms with Crippen LogP contribution in [0.4, 0.5) is 5.69 Å². The fourth-order valence-corrected chi connectivity index (χ4v) is 2.11. The zero-order chi connectivity index (χ0) is 12.4. The molecule has 88 valence electrons. The van der Waals surface area contributed by atoms with Crippen LogP contribution in [-0.2, 0) is 0 Å². The average Bonchev–Trinajstić information content (AvgIpc) is 2.27. The molecule has 2 N–H and O–H groups in total. The highest BCUT2D eigenvalue weighted by molar-refractivity contribution is 9.10. The van der Waals surface area contributed by atoms with Gasteiger partial charge in [-0.3, -0.25) is 0 Å². The minimum absolute atomic E-state index is 0.564. The molecule has 2 aromatic carbocycles. The summed E-state index contributed by atoms with van der Waals surface area (Å²) in [5.74, 6) is 1.35. The number of rotatable bonds is 2. The molecule has 0 atom stereocenters. The van der Waals surface area contributed by atoms with Crippen molar-refractivity contribution in [3.63, 3.8) is 0 Å². The zero-order valence-electron chi connectivity index (χ0n) is 9.21. The van der Waals surface area contributed by atoms with Gasteiger partial charge < -0.3 is 10.5 Å². The third-order valence-electron chi connectivity index (χ3n) is 2.36. The van der Waals surface area contributed by atoms with Gasteiger partial charge in [0.05, 0.1) is 5.02 Å². The first kappa shape index (κ1) is 12.3. The lowest BCUT2D eigenvalue weighted by molar-refractivity contribution is 0.482. The van der Waals surface area contributed by atoms with Gasteiger partial charge in [0.25, 0.3) is 0 Å². The van der Waals surface area contributed by atoms with Crippen LogP contribution in [0.5, 0.6) is 11.5 Å². The fourth-order valence-electron chi connectivity index (χ4n) is 1.40. The Kier molecular flexibility index (Phi) is 3.60. The first-order valence-electron chi connectivity index (χ1n) is 5.05. The second-order valence-electron chi connectivity index (χ2n) is 3.70. The van der Waals surface area contributed by atoms with E-state index < -0.39 is 0 Å². The van der Waals surface area contributed by atoms with Crippen molar-refractivity contribution in [1.82, 2.24) is 0 Å². The van der Waals surface area contributed by atoms with E-state index in [4.69, 9.17) is 22.1 Å². The van der Waals surface area contributed by atoms with Crippen LogP contribution in [0.15, 0.2) is 40.9 Å². The summed E-state index contributed by atoms with van der Waals surface area (Å²) in [6, 6.07) is 11.0. The Morgan fingerprint density at radius 1 is 1.18 bits per heavy atom. The zero-order valence-corrected chi connectivity index (χ0v) is 11.5. The number of nitrogen functional groups attached to an aromatic ring is 1. The molecular formula is C13H11BrClNO. The summed E-state index contributed by atoms with van der Waals surface area (Å²) >= 11 is 9.42. The lowest BCUT2D eigenvalue weighted by Crippen LogP contribution is -1.91. The first-order valence-corrected chi connectivity index (χ1v) is 6.22. The molecule has 0 aromatic heterocycles. The maximum Gasteiger partial charge on any atom is 0.146 e. The third-order valence-corrected chi connectivity index (χ3v) is 3.15. The molecule has 0 unspecified atom stereocenters. The number of hydrogen-bond donors (Lipinski definition) is 1. The van der Waals surface area contributed by atoms with Gasteiger partial charge >= 0.3 is 0 Å². The Hall–Kier alpha value is -1.19. The molecule has 0 radical (unpaired) electrons. The monoisotopic (exact) mass is 311 g/mol. The number of anilines is 1. The molecule has 2 rings (SSSR count). The van der Waals surface area contributed by atoms with Gasteiger partial charge in [-0.1, -0.05) is 27.5 Å². The molecule has 0 aliphatic heterocycles. The summed E-state index contributed by atoms with van der Waals surface area (Å²) in [4.78, 5) is 0. The summed E-state index contributed by atoms with van der Waals surface area (Å²) in [5, 5.41) is 0.564. The highest BCUT2D eigenvalue weighted by Gasteiger charge is 2.04. The van der Waals surface area contributed by atoms with Gasteiger partial charge in [0.1, 0.15) is 11.5 Å². The molecule has 0 heterocycles. The predicted molar refractivity (Wildman–Crippen MR) is 74.8 cm³/mol. The second kappa shape index (κ2) is 4.98. The molecule has 0 amide bonds. The standard InChI is InChI=1S/C13H11BrClNO/c1-8-6-10(3-4-12(8)16)17-13-5-2-9(14)7-11(13)15/h2-7H,16H2,1H3. The maximum absolute atomic E-state index is 6.07. The summed E-state index contributed by atoms with van der Waals surface area (Å²) in [7, 11) is 0. The van der Waals surface area contributed by atoms with Crippen LogP contribution in [0.3, 0.4) is 0 Å². The Balaban J connectivity index is 2.28. The highest BCUT2D eigenvalue weighted by atomic mass is 79.9. The van der Waals surface area contributed by atoms with E-state index in [1.807, 2.05) is 37.3 Å². The number of ether oxygens (including phenoxy) is 1. The highest BCUT2D eigenvalue weighted by Crippen LogP contribution is 2.32. The average molecular weight is 313 g/mol. The molecule has 0 saturated heterocycles. The lowest BCUT2D eigenvalue weighted by atomic mass is 10.2. The Morgan fingerprint density at radius 3 is 2.59 bits per heavy atom. The molecular weight excluding hydrogens is 302 g/mol. The Labute approximate surface area is 113 Å². The normalized spacial score (nSPS) is 10.3. The lowest BCUT2D eigenvalue weighted by Gasteiger charge is -2.09. The van der Waals surface area contributed by atoms with E-state index in [1.165, 1.54) is 0 Å². The van der Waals surface area contributed by atoms with E-state index in [2.05, 4.69) is 15.9 Å². The van der Waals surface area contributed by atoms with Gasteiger partial charge in [0.15, 0.2) is 0 Å². The second-order valence-corrected chi connectivity index (χ2v) is 5.02. The van der Waals surface area contributed by atoms with E-state index in [1.54, 1.807) is 6.07 Å². The number of nitrogens with two attached hydrogens (primary N) is 1. The summed E-state index contributed by atoms with van der Waals surface area (Å²) < 4.78 is 6.61. The number of hydrogen-bond acceptors (Lipinski definition) is 2. The van der Waals surface area contributed by atoms with Crippen molar-refractivity contribution in [2.45, 2.75) is 6.92 Å². The Morgan fingerprint density at radius 2 is 1.94 bits per heavy atom. The maximum atomic E-state index is 6.07. The predicted octanol–water partition coefficient (Wildman–Crippen LogP) is 4.79. The van der Waals surface area contributed by atoms with E-state index in [0.29, 0.717) is 10.8 Å². The first-order chi connectivity index (χ1) is 8.06. The quantitative estimate of drug-likeness (QED) is 0.810. The van der Waals surface area contributed by atoms with Crippen LogP contribution in [-0.4, -0.2) is 0 Å². The van der Waals surface area contributed by atoms with Gasteiger partial charge in [-0.05, 0) is 48.9 Å². The van der Waals surface area contributed by atoms with E-state index in [-0.39, 0.29) is 0 Å². The molecule has 0 saturated carbocycles. The molecule has 0 aliphatic carbocycles. The summed E-state index contributed by atoms with van der Waals surface area (Å²) in [6.45, 7) is 1.94. The number of aryl methyl sites for hydroxylation is 1. The van der Waals surface area contributed by atoms with Crippen LogP contribution >= 0.6 is 27.5 Å². The van der Waals surface area contributed by atoms with Crippen molar-refractivity contribution in [3.8, 4) is 11.5 Å². The fraction of sp³-hybridized carbons (Fsp3) is 0.0769. The van der Waals surface area contributed by atoms with Gasteiger partial charge in [0, 0.05) is 10.2 Å². The van der Waals surface area contributed by atoms with Crippen LogP contribution < -0.4 is 10.5 Å². The molecule has 2 nitrogen and oxygen atoms in total. The molecule has 0 aliphatic rings. The van der Waals surface area contributed by atoms with Crippen molar-refractivity contribution in [2.75, 3.05) is 5.73 Å². The minimum atomic E-state index is 0.564. The van der Waals surface area contributed by atoms with Gasteiger partial charge in [-0.15, -0.1) is 0 Å². The molecule has 0 spiro atoms. The smallest absolute Gasteiger partial charge is 0.146 e.